The largest absolute Gasteiger partial charge is 0.338 e. The number of urea groups is 1. The quantitative estimate of drug-likeness (QED) is 0.646. The third kappa shape index (κ3) is 4.75. The van der Waals surface area contributed by atoms with Crippen molar-refractivity contribution in [1.82, 2.24) is 15.1 Å². The molecule has 1 fully saturated rings. The van der Waals surface area contributed by atoms with Crippen molar-refractivity contribution in [2.24, 2.45) is 0 Å². The summed E-state index contributed by atoms with van der Waals surface area (Å²) in [6.07, 6.45) is 7.92. The van der Waals surface area contributed by atoms with Gasteiger partial charge in [-0.15, -0.1) is 12.3 Å². The third-order valence-electron chi connectivity index (χ3n) is 4.20. The van der Waals surface area contributed by atoms with Gasteiger partial charge in [0.05, 0.1) is 0 Å². The van der Waals surface area contributed by atoms with E-state index in [-0.39, 0.29) is 6.03 Å². The van der Waals surface area contributed by atoms with E-state index in [0.717, 1.165) is 45.4 Å². The van der Waals surface area contributed by atoms with Crippen LogP contribution < -0.4 is 5.32 Å². The predicted molar refractivity (Wildman–Crippen MR) is 92.0 cm³/mol. The monoisotopic (exact) mass is 319 g/mol. The van der Waals surface area contributed by atoms with Crippen LogP contribution in [-0.2, 0) is 0 Å². The smallest absolute Gasteiger partial charge is 0.317 e. The second kappa shape index (κ2) is 8.82. The van der Waals surface area contributed by atoms with Crippen LogP contribution in [0.3, 0.4) is 0 Å². The second-order valence-electron chi connectivity index (χ2n) is 5.65. The first-order valence-electron chi connectivity index (χ1n) is 7.94. The molecule has 5 heteroatoms. The maximum atomic E-state index is 12.1. The Morgan fingerprint density at radius 3 is 2.82 bits per heavy atom. The zero-order valence-corrected chi connectivity index (χ0v) is 14.1. The van der Waals surface area contributed by atoms with E-state index in [1.165, 1.54) is 5.56 Å². The molecule has 22 heavy (non-hydrogen) atoms. The topological polar surface area (TPSA) is 35.6 Å². The van der Waals surface area contributed by atoms with Gasteiger partial charge in [-0.2, -0.15) is 11.3 Å². The SMILES string of the molecule is C#CCCCCNC(=O)N1CCN([C@@H](C)c2ccsc2)CC1. The minimum Gasteiger partial charge on any atom is -0.338 e. The van der Waals surface area contributed by atoms with Crippen molar-refractivity contribution in [3.05, 3.63) is 22.4 Å². The lowest BCUT2D eigenvalue weighted by Crippen LogP contribution is -2.52. The van der Waals surface area contributed by atoms with Crippen molar-refractivity contribution in [1.29, 1.82) is 0 Å². The fourth-order valence-electron chi connectivity index (χ4n) is 2.70. The maximum absolute atomic E-state index is 12.1. The van der Waals surface area contributed by atoms with Crippen LogP contribution in [0.15, 0.2) is 16.8 Å². The summed E-state index contributed by atoms with van der Waals surface area (Å²) in [6, 6.07) is 2.67. The molecule has 0 bridgehead atoms. The van der Waals surface area contributed by atoms with Crippen molar-refractivity contribution in [3.8, 4) is 12.3 Å². The molecule has 0 saturated carbocycles. The number of rotatable bonds is 6. The second-order valence-corrected chi connectivity index (χ2v) is 6.43. The molecule has 0 aliphatic carbocycles. The molecule has 1 aromatic rings. The Hall–Kier alpha value is -1.51. The molecule has 120 valence electrons. The zero-order chi connectivity index (χ0) is 15.8. The standard InChI is InChI=1S/C17H25N3OS/c1-3-4-5-6-8-18-17(21)20-11-9-19(10-12-20)15(2)16-7-13-22-14-16/h1,7,13-15H,4-6,8-12H2,2H3,(H,18,21)/t15-/m0/s1. The summed E-state index contributed by atoms with van der Waals surface area (Å²) in [5.41, 5.74) is 1.37. The molecule has 1 aliphatic rings. The lowest BCUT2D eigenvalue weighted by Gasteiger charge is -2.37. The lowest BCUT2D eigenvalue weighted by molar-refractivity contribution is 0.114. The first-order chi connectivity index (χ1) is 10.7. The number of nitrogens with zero attached hydrogens (tertiary/aromatic N) is 2. The number of terminal acetylenes is 1. The predicted octanol–water partition coefficient (Wildman–Crippen LogP) is 2.94. The van der Waals surface area contributed by atoms with Gasteiger partial charge in [0.2, 0.25) is 0 Å². The van der Waals surface area contributed by atoms with Crippen LogP contribution in [0.2, 0.25) is 0 Å². The van der Waals surface area contributed by atoms with Gasteiger partial charge in [-0.3, -0.25) is 4.90 Å². The Balaban J connectivity index is 1.68. The number of unbranched alkanes of at least 4 members (excludes halogenated alkanes) is 2. The van der Waals surface area contributed by atoms with Crippen LogP contribution in [0.4, 0.5) is 4.79 Å². The van der Waals surface area contributed by atoms with Gasteiger partial charge in [0.1, 0.15) is 0 Å². The molecule has 1 aromatic heterocycles. The summed E-state index contributed by atoms with van der Waals surface area (Å²) in [5.74, 6) is 2.62. The van der Waals surface area contributed by atoms with Crippen molar-refractivity contribution in [2.75, 3.05) is 32.7 Å². The van der Waals surface area contributed by atoms with Crippen molar-refractivity contribution < 1.29 is 4.79 Å². The van der Waals surface area contributed by atoms with E-state index in [2.05, 4.69) is 39.9 Å². The summed E-state index contributed by atoms with van der Waals surface area (Å²) in [7, 11) is 0. The van der Waals surface area contributed by atoms with Gasteiger partial charge in [0.15, 0.2) is 0 Å². The minimum atomic E-state index is 0.0588. The average molecular weight is 319 g/mol. The summed E-state index contributed by atoms with van der Waals surface area (Å²) in [6.45, 7) is 6.41. The van der Waals surface area contributed by atoms with Crippen LogP contribution in [0.25, 0.3) is 0 Å². The van der Waals surface area contributed by atoms with Crippen LogP contribution in [0.5, 0.6) is 0 Å². The van der Waals surface area contributed by atoms with Crippen molar-refractivity contribution in [3.63, 3.8) is 0 Å². The average Bonchev–Trinajstić information content (AvgIpc) is 3.08. The summed E-state index contributed by atoms with van der Waals surface area (Å²) in [5, 5.41) is 7.31. The molecule has 4 nitrogen and oxygen atoms in total. The number of carbonyl (C=O) groups excluding carboxylic acids is 1. The Labute approximate surface area is 137 Å². The number of hydrogen-bond acceptors (Lipinski definition) is 3. The lowest BCUT2D eigenvalue weighted by atomic mass is 10.1. The molecule has 1 atom stereocenters. The molecule has 1 saturated heterocycles. The highest BCUT2D eigenvalue weighted by molar-refractivity contribution is 7.07. The highest BCUT2D eigenvalue weighted by Gasteiger charge is 2.24. The molecule has 0 spiro atoms. The summed E-state index contributed by atoms with van der Waals surface area (Å²) >= 11 is 1.74. The molecule has 2 heterocycles. The number of piperazine rings is 1. The Bertz CT molecular complexity index is 487. The molecular formula is C17H25N3OS. The number of amides is 2. The van der Waals surface area contributed by atoms with Crippen molar-refractivity contribution in [2.45, 2.75) is 32.2 Å². The molecular weight excluding hydrogens is 294 g/mol. The van der Waals surface area contributed by atoms with E-state index >= 15 is 0 Å². The number of thiophene rings is 1. The van der Waals surface area contributed by atoms with E-state index in [4.69, 9.17) is 6.42 Å². The van der Waals surface area contributed by atoms with Gasteiger partial charge in [-0.05, 0) is 42.2 Å². The fourth-order valence-corrected chi connectivity index (χ4v) is 3.44. The Kier molecular flexibility index (Phi) is 6.75. The van der Waals surface area contributed by atoms with Crippen molar-refractivity contribution >= 4 is 17.4 Å². The van der Waals surface area contributed by atoms with Gasteiger partial charge in [-0.25, -0.2) is 4.79 Å². The molecule has 0 radical (unpaired) electrons. The number of carbonyl (C=O) groups is 1. The molecule has 0 aromatic carbocycles. The maximum Gasteiger partial charge on any atom is 0.317 e. The van der Waals surface area contributed by atoms with Gasteiger partial charge in [0.25, 0.3) is 0 Å². The van der Waals surface area contributed by atoms with E-state index in [0.29, 0.717) is 12.6 Å². The van der Waals surface area contributed by atoms with E-state index in [1.54, 1.807) is 11.3 Å². The Morgan fingerprint density at radius 1 is 1.41 bits per heavy atom. The molecule has 0 unspecified atom stereocenters. The normalized spacial score (nSPS) is 17.0. The zero-order valence-electron chi connectivity index (χ0n) is 13.3. The van der Waals surface area contributed by atoms with Crippen LogP contribution >= 0.6 is 11.3 Å². The number of hydrogen-bond donors (Lipinski definition) is 1. The van der Waals surface area contributed by atoms with E-state index in [9.17, 15) is 4.79 Å². The van der Waals surface area contributed by atoms with Crippen LogP contribution in [0.1, 0.15) is 37.8 Å². The van der Waals surface area contributed by atoms with Gasteiger partial charge in [-0.1, -0.05) is 0 Å². The highest BCUT2D eigenvalue weighted by Crippen LogP contribution is 2.23. The van der Waals surface area contributed by atoms with E-state index in [1.807, 2.05) is 4.90 Å². The third-order valence-corrected chi connectivity index (χ3v) is 4.90. The van der Waals surface area contributed by atoms with E-state index < -0.39 is 0 Å². The van der Waals surface area contributed by atoms with Gasteiger partial charge in [0, 0.05) is 45.2 Å². The first kappa shape index (κ1) is 16.9. The Morgan fingerprint density at radius 2 is 2.18 bits per heavy atom. The summed E-state index contributed by atoms with van der Waals surface area (Å²) < 4.78 is 0. The van der Waals surface area contributed by atoms with Crippen LogP contribution in [0, 0.1) is 12.3 Å². The first-order valence-corrected chi connectivity index (χ1v) is 8.89. The number of nitrogens with one attached hydrogen (secondary N) is 1. The molecule has 2 amide bonds. The molecule has 1 N–H and O–H groups in total. The minimum absolute atomic E-state index is 0.0588. The van der Waals surface area contributed by atoms with Gasteiger partial charge >= 0.3 is 6.03 Å². The fraction of sp³-hybridized carbons (Fsp3) is 0.588. The molecule has 2 rings (SSSR count). The van der Waals surface area contributed by atoms with Crippen LogP contribution in [-0.4, -0.2) is 48.6 Å². The van der Waals surface area contributed by atoms with Gasteiger partial charge < -0.3 is 10.2 Å². The highest BCUT2D eigenvalue weighted by atomic mass is 32.1. The molecule has 1 aliphatic heterocycles. The summed E-state index contributed by atoms with van der Waals surface area (Å²) in [4.78, 5) is 16.5.